The molecule has 0 amide bonds. The third-order valence-corrected chi connectivity index (χ3v) is 7.14. The molecule has 2 aromatic carbocycles. The smallest absolute Gasteiger partial charge is 0.243 e. The van der Waals surface area contributed by atoms with Crippen molar-refractivity contribution in [2.75, 3.05) is 39.3 Å². The molecule has 0 aliphatic carbocycles. The van der Waals surface area contributed by atoms with E-state index in [0.29, 0.717) is 39.1 Å². The van der Waals surface area contributed by atoms with E-state index in [1.165, 1.54) is 16.4 Å². The van der Waals surface area contributed by atoms with E-state index < -0.39 is 21.9 Å². The normalized spacial score (nSPS) is 17.5. The molecule has 1 heterocycles. The number of halogens is 1. The van der Waals surface area contributed by atoms with Gasteiger partial charge in [0.05, 0.1) is 4.90 Å². The number of rotatable bonds is 7. The zero-order valence-electron chi connectivity index (χ0n) is 17.4. The Labute approximate surface area is 177 Å². The SMILES string of the molecule is Cc1ccc(OCC(O)CN2CCCN(S(=O)(=O)c3ccc(F)cc3)CC2)c(C)c1. The van der Waals surface area contributed by atoms with E-state index in [-0.39, 0.29) is 11.5 Å². The van der Waals surface area contributed by atoms with Crippen molar-refractivity contribution in [3.63, 3.8) is 0 Å². The van der Waals surface area contributed by atoms with Crippen molar-refractivity contribution in [1.29, 1.82) is 0 Å². The number of aryl methyl sites for hydroxylation is 2. The van der Waals surface area contributed by atoms with Crippen LogP contribution in [0.4, 0.5) is 4.39 Å². The molecule has 2 aromatic rings. The van der Waals surface area contributed by atoms with Gasteiger partial charge in [-0.05, 0) is 62.7 Å². The summed E-state index contributed by atoms with van der Waals surface area (Å²) in [7, 11) is -3.66. The molecule has 1 N–H and O–H groups in total. The van der Waals surface area contributed by atoms with Crippen molar-refractivity contribution >= 4 is 10.0 Å². The standard InChI is InChI=1S/C22H29FN2O4S/c1-17-4-9-22(18(2)14-17)29-16-20(26)15-24-10-3-11-25(13-12-24)30(27,28)21-7-5-19(23)6-8-21/h4-9,14,20,26H,3,10-13,15-16H2,1-2H3. The summed E-state index contributed by atoms with van der Waals surface area (Å²) in [6.45, 7) is 6.50. The average molecular weight is 437 g/mol. The molecule has 1 atom stereocenters. The second-order valence-electron chi connectivity index (χ2n) is 7.75. The number of ether oxygens (including phenoxy) is 1. The van der Waals surface area contributed by atoms with Crippen LogP contribution in [-0.4, -0.2) is 68.2 Å². The fourth-order valence-electron chi connectivity index (χ4n) is 3.62. The number of sulfonamides is 1. The number of hydrogen-bond donors (Lipinski definition) is 1. The first kappa shape index (κ1) is 22.7. The van der Waals surface area contributed by atoms with E-state index in [0.717, 1.165) is 29.0 Å². The van der Waals surface area contributed by atoms with E-state index in [2.05, 4.69) is 4.90 Å². The zero-order chi connectivity index (χ0) is 21.7. The number of aliphatic hydroxyl groups excluding tert-OH is 1. The topological polar surface area (TPSA) is 70.1 Å². The Morgan fingerprint density at radius 1 is 1.07 bits per heavy atom. The Morgan fingerprint density at radius 3 is 2.50 bits per heavy atom. The Bertz CT molecular complexity index is 950. The largest absolute Gasteiger partial charge is 0.491 e. The molecule has 1 fully saturated rings. The summed E-state index contributed by atoms with van der Waals surface area (Å²) in [5.41, 5.74) is 2.18. The summed E-state index contributed by atoms with van der Waals surface area (Å²) in [5.74, 6) is 0.292. The predicted octanol–water partition coefficient (Wildman–Crippen LogP) is 2.58. The van der Waals surface area contributed by atoms with Gasteiger partial charge < -0.3 is 9.84 Å². The first-order chi connectivity index (χ1) is 14.3. The van der Waals surface area contributed by atoms with Gasteiger partial charge in [-0.25, -0.2) is 12.8 Å². The lowest BCUT2D eigenvalue weighted by molar-refractivity contribution is 0.0697. The highest BCUT2D eigenvalue weighted by atomic mass is 32.2. The molecule has 1 unspecified atom stereocenters. The van der Waals surface area contributed by atoms with Crippen molar-refractivity contribution in [2.24, 2.45) is 0 Å². The van der Waals surface area contributed by atoms with Gasteiger partial charge in [-0.1, -0.05) is 17.7 Å². The number of aliphatic hydroxyl groups is 1. The summed E-state index contributed by atoms with van der Waals surface area (Å²) in [4.78, 5) is 2.15. The second kappa shape index (κ2) is 9.87. The third-order valence-electron chi connectivity index (χ3n) is 5.23. The molecule has 0 bridgehead atoms. The maximum atomic E-state index is 13.1. The minimum absolute atomic E-state index is 0.0965. The highest BCUT2D eigenvalue weighted by Crippen LogP contribution is 2.20. The van der Waals surface area contributed by atoms with Gasteiger partial charge in [-0.2, -0.15) is 4.31 Å². The van der Waals surface area contributed by atoms with Crippen LogP contribution in [-0.2, 0) is 10.0 Å². The highest BCUT2D eigenvalue weighted by Gasteiger charge is 2.27. The Hall–Kier alpha value is -2.00. The number of β-amino-alcohol motifs (C(OH)–C–C–N with tert-alkyl or cyclic N) is 1. The number of benzene rings is 2. The van der Waals surface area contributed by atoms with Crippen molar-refractivity contribution < 1.29 is 22.7 Å². The minimum Gasteiger partial charge on any atom is -0.491 e. The molecule has 1 saturated heterocycles. The van der Waals surface area contributed by atoms with Crippen molar-refractivity contribution in [2.45, 2.75) is 31.3 Å². The molecule has 164 valence electrons. The van der Waals surface area contributed by atoms with Crippen LogP contribution in [0.1, 0.15) is 17.5 Å². The van der Waals surface area contributed by atoms with Gasteiger partial charge in [0.15, 0.2) is 0 Å². The lowest BCUT2D eigenvalue weighted by atomic mass is 10.1. The van der Waals surface area contributed by atoms with Crippen LogP contribution in [0.5, 0.6) is 5.75 Å². The lowest BCUT2D eigenvalue weighted by Gasteiger charge is -2.24. The second-order valence-corrected chi connectivity index (χ2v) is 9.68. The first-order valence-corrected chi connectivity index (χ1v) is 11.6. The van der Waals surface area contributed by atoms with Crippen molar-refractivity contribution in [3.05, 3.63) is 59.4 Å². The molecule has 3 rings (SSSR count). The lowest BCUT2D eigenvalue weighted by Crippen LogP contribution is -2.39. The van der Waals surface area contributed by atoms with Crippen LogP contribution in [0.25, 0.3) is 0 Å². The van der Waals surface area contributed by atoms with Crippen LogP contribution in [0, 0.1) is 19.7 Å². The molecule has 8 heteroatoms. The number of nitrogens with zero attached hydrogens (tertiary/aromatic N) is 2. The molecule has 1 aliphatic rings. The van der Waals surface area contributed by atoms with Gasteiger partial charge in [0.2, 0.25) is 10.0 Å². The molecule has 0 spiro atoms. The Balaban J connectivity index is 1.52. The van der Waals surface area contributed by atoms with Gasteiger partial charge in [-0.15, -0.1) is 0 Å². The van der Waals surface area contributed by atoms with Crippen molar-refractivity contribution in [1.82, 2.24) is 9.21 Å². The van der Waals surface area contributed by atoms with Crippen LogP contribution < -0.4 is 4.74 Å². The fourth-order valence-corrected chi connectivity index (χ4v) is 5.09. The fraction of sp³-hybridized carbons (Fsp3) is 0.455. The van der Waals surface area contributed by atoms with Gasteiger partial charge in [0.1, 0.15) is 24.3 Å². The number of hydrogen-bond acceptors (Lipinski definition) is 5. The quantitative estimate of drug-likeness (QED) is 0.723. The van der Waals surface area contributed by atoms with Gasteiger partial charge in [-0.3, -0.25) is 4.90 Å². The maximum Gasteiger partial charge on any atom is 0.243 e. The van der Waals surface area contributed by atoms with E-state index in [4.69, 9.17) is 4.74 Å². The third kappa shape index (κ3) is 5.78. The predicted molar refractivity (Wildman–Crippen MR) is 114 cm³/mol. The molecule has 1 aliphatic heterocycles. The molecular weight excluding hydrogens is 407 g/mol. The van der Waals surface area contributed by atoms with Crippen LogP contribution in [0.15, 0.2) is 47.4 Å². The van der Waals surface area contributed by atoms with Gasteiger partial charge >= 0.3 is 0 Å². The summed E-state index contributed by atoms with van der Waals surface area (Å²) >= 11 is 0. The summed E-state index contributed by atoms with van der Waals surface area (Å²) < 4.78 is 45.9. The molecule has 0 saturated carbocycles. The maximum absolute atomic E-state index is 13.1. The van der Waals surface area contributed by atoms with E-state index in [9.17, 15) is 17.9 Å². The molecule has 0 radical (unpaired) electrons. The zero-order valence-corrected chi connectivity index (χ0v) is 18.2. The molecule has 30 heavy (non-hydrogen) atoms. The average Bonchev–Trinajstić information content (AvgIpc) is 2.94. The Kier molecular flexibility index (Phi) is 7.46. The van der Waals surface area contributed by atoms with Gasteiger partial charge in [0, 0.05) is 26.2 Å². The molecular formula is C22H29FN2O4S. The van der Waals surface area contributed by atoms with Crippen molar-refractivity contribution in [3.8, 4) is 5.75 Å². The monoisotopic (exact) mass is 436 g/mol. The summed E-state index contributed by atoms with van der Waals surface area (Å²) in [6, 6.07) is 10.8. The minimum atomic E-state index is -3.66. The Morgan fingerprint density at radius 2 is 1.80 bits per heavy atom. The summed E-state index contributed by atoms with van der Waals surface area (Å²) in [6.07, 6.45) is -0.0172. The molecule has 0 aromatic heterocycles. The van der Waals surface area contributed by atoms with E-state index in [1.807, 2.05) is 32.0 Å². The van der Waals surface area contributed by atoms with Crippen LogP contribution >= 0.6 is 0 Å². The van der Waals surface area contributed by atoms with Crippen LogP contribution in [0.2, 0.25) is 0 Å². The molecule has 6 nitrogen and oxygen atoms in total. The van der Waals surface area contributed by atoms with E-state index >= 15 is 0 Å². The first-order valence-electron chi connectivity index (χ1n) is 10.1. The summed E-state index contributed by atoms with van der Waals surface area (Å²) in [5, 5.41) is 10.4. The highest BCUT2D eigenvalue weighted by molar-refractivity contribution is 7.89. The van der Waals surface area contributed by atoms with Gasteiger partial charge in [0.25, 0.3) is 0 Å². The van der Waals surface area contributed by atoms with E-state index in [1.54, 1.807) is 0 Å². The van der Waals surface area contributed by atoms with Crippen LogP contribution in [0.3, 0.4) is 0 Å².